The molecule has 3 rings (SSSR count). The van der Waals surface area contributed by atoms with Crippen LogP contribution in [0.15, 0.2) is 78.4 Å². The molecule has 5 heteroatoms. The first kappa shape index (κ1) is 19.8. The molecule has 0 bridgehead atoms. The standard InChI is InChI=1S/C24H19FN2O2/c1-17-3-2-4-22(13-17)27-24(28)20(15-26)14-18-7-11-23(12-8-18)29-16-19-5-9-21(25)10-6-19/h2-14H,16H2,1H3,(H,27,28)/b20-14-. The molecule has 0 aliphatic carbocycles. The summed E-state index contributed by atoms with van der Waals surface area (Å²) >= 11 is 0. The first-order valence-electron chi connectivity index (χ1n) is 9.00. The lowest BCUT2D eigenvalue weighted by molar-refractivity contribution is -0.112. The van der Waals surface area contributed by atoms with Gasteiger partial charge in [-0.05, 0) is 66.1 Å². The normalized spacial score (nSPS) is 10.9. The van der Waals surface area contributed by atoms with Crippen molar-refractivity contribution in [1.29, 1.82) is 5.26 Å². The van der Waals surface area contributed by atoms with Gasteiger partial charge in [0, 0.05) is 5.69 Å². The quantitative estimate of drug-likeness (QED) is 0.464. The van der Waals surface area contributed by atoms with Gasteiger partial charge in [-0.15, -0.1) is 0 Å². The molecule has 0 atom stereocenters. The second kappa shape index (κ2) is 9.34. The van der Waals surface area contributed by atoms with Gasteiger partial charge in [0.2, 0.25) is 0 Å². The molecule has 0 radical (unpaired) electrons. The predicted molar refractivity (Wildman–Crippen MR) is 111 cm³/mol. The second-order valence-electron chi connectivity index (χ2n) is 6.48. The Morgan fingerprint density at radius 3 is 2.48 bits per heavy atom. The molecule has 0 aromatic heterocycles. The summed E-state index contributed by atoms with van der Waals surface area (Å²) in [6.45, 7) is 2.24. The fourth-order valence-corrected chi connectivity index (χ4v) is 2.64. The highest BCUT2D eigenvalue weighted by Gasteiger charge is 2.09. The number of hydrogen-bond acceptors (Lipinski definition) is 3. The average molecular weight is 386 g/mol. The number of carbonyl (C=O) groups is 1. The molecule has 29 heavy (non-hydrogen) atoms. The zero-order chi connectivity index (χ0) is 20.6. The lowest BCUT2D eigenvalue weighted by Crippen LogP contribution is -2.13. The van der Waals surface area contributed by atoms with Crippen molar-refractivity contribution >= 4 is 17.7 Å². The number of nitrogens with one attached hydrogen (secondary N) is 1. The van der Waals surface area contributed by atoms with Crippen molar-refractivity contribution in [2.75, 3.05) is 5.32 Å². The van der Waals surface area contributed by atoms with Crippen molar-refractivity contribution in [3.63, 3.8) is 0 Å². The first-order valence-corrected chi connectivity index (χ1v) is 9.00. The van der Waals surface area contributed by atoms with Crippen LogP contribution < -0.4 is 10.1 Å². The molecule has 1 N–H and O–H groups in total. The molecular formula is C24H19FN2O2. The van der Waals surface area contributed by atoms with E-state index < -0.39 is 5.91 Å². The minimum Gasteiger partial charge on any atom is -0.489 e. The summed E-state index contributed by atoms with van der Waals surface area (Å²) < 4.78 is 18.6. The molecule has 144 valence electrons. The molecule has 3 aromatic carbocycles. The van der Waals surface area contributed by atoms with Crippen molar-refractivity contribution < 1.29 is 13.9 Å². The summed E-state index contributed by atoms with van der Waals surface area (Å²) in [5, 5.41) is 12.1. The predicted octanol–water partition coefficient (Wildman–Crippen LogP) is 5.26. The molecule has 0 aliphatic heterocycles. The Labute approximate surface area is 168 Å². The van der Waals surface area contributed by atoms with Crippen LogP contribution in [0.4, 0.5) is 10.1 Å². The smallest absolute Gasteiger partial charge is 0.266 e. The SMILES string of the molecule is Cc1cccc(NC(=O)/C(C#N)=C\c2ccc(OCc3ccc(F)cc3)cc2)c1. The van der Waals surface area contributed by atoms with Gasteiger partial charge in [0.15, 0.2) is 0 Å². The van der Waals surface area contributed by atoms with Gasteiger partial charge in [-0.1, -0.05) is 36.4 Å². The van der Waals surface area contributed by atoms with Crippen LogP contribution in [0.2, 0.25) is 0 Å². The number of nitrogens with zero attached hydrogens (tertiary/aromatic N) is 1. The Kier molecular flexibility index (Phi) is 6.39. The minimum atomic E-state index is -0.463. The van der Waals surface area contributed by atoms with Crippen LogP contribution in [-0.4, -0.2) is 5.91 Å². The van der Waals surface area contributed by atoms with Crippen LogP contribution in [-0.2, 0) is 11.4 Å². The van der Waals surface area contributed by atoms with E-state index in [-0.39, 0.29) is 11.4 Å². The Morgan fingerprint density at radius 2 is 1.83 bits per heavy atom. The summed E-state index contributed by atoms with van der Waals surface area (Å²) in [6.07, 6.45) is 1.52. The third-order valence-electron chi connectivity index (χ3n) is 4.15. The number of ether oxygens (including phenoxy) is 1. The van der Waals surface area contributed by atoms with E-state index in [9.17, 15) is 14.4 Å². The maximum Gasteiger partial charge on any atom is 0.266 e. The van der Waals surface area contributed by atoms with Gasteiger partial charge >= 0.3 is 0 Å². The van der Waals surface area contributed by atoms with Gasteiger partial charge in [0.05, 0.1) is 0 Å². The molecule has 0 heterocycles. The van der Waals surface area contributed by atoms with E-state index in [4.69, 9.17) is 4.74 Å². The van der Waals surface area contributed by atoms with Crippen LogP contribution in [0, 0.1) is 24.1 Å². The van der Waals surface area contributed by atoms with Crippen molar-refractivity contribution in [3.8, 4) is 11.8 Å². The van der Waals surface area contributed by atoms with Crippen molar-refractivity contribution in [3.05, 3.63) is 101 Å². The Balaban J connectivity index is 1.64. The zero-order valence-corrected chi connectivity index (χ0v) is 15.9. The molecule has 0 saturated carbocycles. The fourth-order valence-electron chi connectivity index (χ4n) is 2.64. The number of benzene rings is 3. The van der Waals surface area contributed by atoms with Gasteiger partial charge in [0.1, 0.15) is 29.8 Å². The molecule has 0 spiro atoms. The van der Waals surface area contributed by atoms with E-state index in [1.54, 1.807) is 42.5 Å². The molecule has 3 aromatic rings. The number of hydrogen-bond donors (Lipinski definition) is 1. The topological polar surface area (TPSA) is 62.1 Å². The lowest BCUT2D eigenvalue weighted by atomic mass is 10.1. The summed E-state index contributed by atoms with van der Waals surface area (Å²) in [6, 6.07) is 22.4. The molecular weight excluding hydrogens is 367 g/mol. The number of rotatable bonds is 6. The van der Waals surface area contributed by atoms with Crippen molar-refractivity contribution in [1.82, 2.24) is 0 Å². The maximum atomic E-state index is 12.9. The Hall–Kier alpha value is -3.91. The zero-order valence-electron chi connectivity index (χ0n) is 15.9. The third-order valence-corrected chi connectivity index (χ3v) is 4.15. The van der Waals surface area contributed by atoms with Crippen LogP contribution >= 0.6 is 0 Å². The average Bonchev–Trinajstić information content (AvgIpc) is 2.72. The first-order chi connectivity index (χ1) is 14.0. The van der Waals surface area contributed by atoms with E-state index in [0.29, 0.717) is 23.6 Å². The van der Waals surface area contributed by atoms with Gasteiger partial charge < -0.3 is 10.1 Å². The Bertz CT molecular complexity index is 1070. The van der Waals surface area contributed by atoms with E-state index in [1.165, 1.54) is 18.2 Å². The number of aryl methyl sites for hydroxylation is 1. The summed E-state index contributed by atoms with van der Waals surface area (Å²) in [7, 11) is 0. The summed E-state index contributed by atoms with van der Waals surface area (Å²) in [5.74, 6) is -0.117. The van der Waals surface area contributed by atoms with Gasteiger partial charge in [0.25, 0.3) is 5.91 Å². The van der Waals surface area contributed by atoms with E-state index in [2.05, 4.69) is 5.32 Å². The highest BCUT2D eigenvalue weighted by atomic mass is 19.1. The maximum absolute atomic E-state index is 12.9. The fraction of sp³-hybridized carbons (Fsp3) is 0.0833. The van der Waals surface area contributed by atoms with E-state index >= 15 is 0 Å². The Morgan fingerprint density at radius 1 is 1.10 bits per heavy atom. The number of anilines is 1. The van der Waals surface area contributed by atoms with Crippen LogP contribution in [0.3, 0.4) is 0 Å². The highest BCUT2D eigenvalue weighted by molar-refractivity contribution is 6.09. The molecule has 1 amide bonds. The molecule has 0 aliphatic rings. The molecule has 4 nitrogen and oxygen atoms in total. The monoisotopic (exact) mass is 386 g/mol. The van der Waals surface area contributed by atoms with Crippen LogP contribution in [0.1, 0.15) is 16.7 Å². The van der Waals surface area contributed by atoms with Crippen molar-refractivity contribution in [2.45, 2.75) is 13.5 Å². The minimum absolute atomic E-state index is 0.00601. The van der Waals surface area contributed by atoms with E-state index in [1.807, 2.05) is 31.2 Å². The second-order valence-corrected chi connectivity index (χ2v) is 6.48. The highest BCUT2D eigenvalue weighted by Crippen LogP contribution is 2.17. The summed E-state index contributed by atoms with van der Waals surface area (Å²) in [4.78, 5) is 12.4. The van der Waals surface area contributed by atoms with Crippen LogP contribution in [0.5, 0.6) is 5.75 Å². The summed E-state index contributed by atoms with van der Waals surface area (Å²) in [5.41, 5.74) is 3.22. The van der Waals surface area contributed by atoms with Gasteiger partial charge in [-0.3, -0.25) is 4.79 Å². The lowest BCUT2D eigenvalue weighted by Gasteiger charge is -2.07. The molecule has 0 unspecified atom stereocenters. The van der Waals surface area contributed by atoms with Crippen LogP contribution in [0.25, 0.3) is 6.08 Å². The van der Waals surface area contributed by atoms with Crippen molar-refractivity contribution in [2.24, 2.45) is 0 Å². The number of halogens is 1. The molecule has 0 saturated heterocycles. The number of carbonyl (C=O) groups excluding carboxylic acids is 1. The third kappa shape index (κ3) is 5.78. The van der Waals surface area contributed by atoms with E-state index in [0.717, 1.165) is 11.1 Å². The van der Waals surface area contributed by atoms with Gasteiger partial charge in [-0.2, -0.15) is 5.26 Å². The van der Waals surface area contributed by atoms with Gasteiger partial charge in [-0.25, -0.2) is 4.39 Å². The largest absolute Gasteiger partial charge is 0.489 e. The number of amides is 1. The number of nitriles is 1. The molecule has 0 fully saturated rings.